The van der Waals surface area contributed by atoms with Gasteiger partial charge in [0, 0.05) is 16.9 Å². The summed E-state index contributed by atoms with van der Waals surface area (Å²) in [5.41, 5.74) is -1.38. The Kier molecular flexibility index (Phi) is 4.82. The standard InChI is InChI=1S/C10H8BrClF3NO/c11-6-1-2-7(9(17)16-4-3-12)8(5-6)10(13,14)15/h1-2,5H,3-4H2,(H,16,17). The van der Waals surface area contributed by atoms with E-state index >= 15 is 0 Å². The van der Waals surface area contributed by atoms with Gasteiger partial charge < -0.3 is 5.32 Å². The number of halogens is 5. The fourth-order valence-electron chi connectivity index (χ4n) is 1.21. The fourth-order valence-corrected chi connectivity index (χ4v) is 1.66. The Morgan fingerprint density at radius 2 is 2.06 bits per heavy atom. The molecule has 0 spiro atoms. The molecule has 0 atom stereocenters. The van der Waals surface area contributed by atoms with Gasteiger partial charge >= 0.3 is 6.18 Å². The number of carbonyl (C=O) groups is 1. The van der Waals surface area contributed by atoms with Gasteiger partial charge in [-0.3, -0.25) is 4.79 Å². The zero-order valence-electron chi connectivity index (χ0n) is 8.44. The van der Waals surface area contributed by atoms with E-state index in [0.717, 1.165) is 12.1 Å². The van der Waals surface area contributed by atoms with Crippen molar-refractivity contribution in [1.82, 2.24) is 5.32 Å². The lowest BCUT2D eigenvalue weighted by molar-refractivity contribution is -0.138. The Morgan fingerprint density at radius 1 is 1.41 bits per heavy atom. The molecule has 2 nitrogen and oxygen atoms in total. The van der Waals surface area contributed by atoms with Gasteiger partial charge in [0.25, 0.3) is 5.91 Å². The van der Waals surface area contributed by atoms with Crippen LogP contribution in [-0.4, -0.2) is 18.3 Å². The van der Waals surface area contributed by atoms with Crippen LogP contribution >= 0.6 is 27.5 Å². The molecule has 0 aliphatic heterocycles. The average Bonchev–Trinajstić information content (AvgIpc) is 2.24. The molecule has 0 aromatic heterocycles. The maximum atomic E-state index is 12.7. The van der Waals surface area contributed by atoms with Crippen LogP contribution in [0.1, 0.15) is 15.9 Å². The summed E-state index contributed by atoms with van der Waals surface area (Å²) in [6, 6.07) is 3.37. The van der Waals surface area contributed by atoms with Gasteiger partial charge in [-0.05, 0) is 18.2 Å². The van der Waals surface area contributed by atoms with Gasteiger partial charge in [-0.15, -0.1) is 11.6 Å². The molecule has 1 aromatic carbocycles. The summed E-state index contributed by atoms with van der Waals surface area (Å²) >= 11 is 8.28. The number of hydrogen-bond acceptors (Lipinski definition) is 1. The van der Waals surface area contributed by atoms with Gasteiger partial charge in [0.2, 0.25) is 0 Å². The highest BCUT2D eigenvalue weighted by Crippen LogP contribution is 2.33. The van der Waals surface area contributed by atoms with Crippen LogP contribution in [0, 0.1) is 0 Å². The smallest absolute Gasteiger partial charge is 0.351 e. The molecule has 0 unspecified atom stereocenters. The van der Waals surface area contributed by atoms with E-state index in [-0.39, 0.29) is 16.9 Å². The zero-order valence-corrected chi connectivity index (χ0v) is 10.8. The van der Waals surface area contributed by atoms with E-state index in [9.17, 15) is 18.0 Å². The largest absolute Gasteiger partial charge is 0.417 e. The summed E-state index contributed by atoms with van der Waals surface area (Å²) in [5.74, 6) is -0.644. The molecule has 0 aliphatic carbocycles. The molecule has 1 rings (SSSR count). The third-order valence-corrected chi connectivity index (χ3v) is 2.59. The molecule has 0 saturated heterocycles. The van der Waals surface area contributed by atoms with E-state index in [1.807, 2.05) is 0 Å². The third kappa shape index (κ3) is 3.89. The highest BCUT2D eigenvalue weighted by atomic mass is 79.9. The van der Waals surface area contributed by atoms with Crippen LogP contribution < -0.4 is 5.32 Å². The van der Waals surface area contributed by atoms with Gasteiger partial charge in [0.1, 0.15) is 0 Å². The molecule has 0 bridgehead atoms. The molecule has 7 heteroatoms. The van der Waals surface area contributed by atoms with Gasteiger partial charge in [-0.25, -0.2) is 0 Å². The van der Waals surface area contributed by atoms with Crippen molar-refractivity contribution < 1.29 is 18.0 Å². The quantitative estimate of drug-likeness (QED) is 0.845. The molecule has 0 fully saturated rings. The molecule has 94 valence electrons. The minimum Gasteiger partial charge on any atom is -0.351 e. The van der Waals surface area contributed by atoms with Crippen molar-refractivity contribution in [1.29, 1.82) is 0 Å². The summed E-state index contributed by atoms with van der Waals surface area (Å²) in [5, 5.41) is 2.29. The predicted molar refractivity (Wildman–Crippen MR) is 62.2 cm³/mol. The number of benzene rings is 1. The highest BCUT2D eigenvalue weighted by Gasteiger charge is 2.35. The lowest BCUT2D eigenvalue weighted by Gasteiger charge is -2.12. The number of amides is 1. The average molecular weight is 331 g/mol. The first-order valence-electron chi connectivity index (χ1n) is 4.57. The Bertz CT molecular complexity index is 423. The molecule has 0 saturated carbocycles. The van der Waals surface area contributed by atoms with Crippen LogP contribution in [0.15, 0.2) is 22.7 Å². The Labute approximate surface area is 109 Å². The number of rotatable bonds is 3. The van der Waals surface area contributed by atoms with Crippen LogP contribution in [-0.2, 0) is 6.18 Å². The van der Waals surface area contributed by atoms with Crippen molar-refractivity contribution in [2.75, 3.05) is 12.4 Å². The highest BCUT2D eigenvalue weighted by molar-refractivity contribution is 9.10. The monoisotopic (exact) mass is 329 g/mol. The van der Waals surface area contributed by atoms with Crippen LogP contribution in [0.3, 0.4) is 0 Å². The first-order chi connectivity index (χ1) is 7.86. The van der Waals surface area contributed by atoms with Gasteiger partial charge in [0.05, 0.1) is 11.1 Å². The second-order valence-corrected chi connectivity index (χ2v) is 4.43. The molecule has 0 radical (unpaired) electrons. The number of alkyl halides is 4. The zero-order chi connectivity index (χ0) is 13.1. The molecule has 1 aromatic rings. The summed E-state index contributed by atoms with van der Waals surface area (Å²) in [6.07, 6.45) is -4.57. The lowest BCUT2D eigenvalue weighted by atomic mass is 10.1. The molecular weight excluding hydrogens is 322 g/mol. The van der Waals surface area contributed by atoms with Gasteiger partial charge in [-0.1, -0.05) is 15.9 Å². The van der Waals surface area contributed by atoms with E-state index in [4.69, 9.17) is 11.6 Å². The number of nitrogens with one attached hydrogen (secondary N) is 1. The van der Waals surface area contributed by atoms with Gasteiger partial charge in [-0.2, -0.15) is 13.2 Å². The molecule has 17 heavy (non-hydrogen) atoms. The van der Waals surface area contributed by atoms with Crippen LogP contribution in [0.2, 0.25) is 0 Å². The van der Waals surface area contributed by atoms with Crippen molar-refractivity contribution in [3.8, 4) is 0 Å². The first-order valence-corrected chi connectivity index (χ1v) is 5.90. The minimum atomic E-state index is -4.57. The van der Waals surface area contributed by atoms with Crippen molar-refractivity contribution in [2.24, 2.45) is 0 Å². The Balaban J connectivity index is 3.11. The lowest BCUT2D eigenvalue weighted by Crippen LogP contribution is -2.27. The van der Waals surface area contributed by atoms with E-state index in [1.54, 1.807) is 0 Å². The van der Waals surface area contributed by atoms with Crippen molar-refractivity contribution in [2.45, 2.75) is 6.18 Å². The summed E-state index contributed by atoms with van der Waals surface area (Å²) in [6.45, 7) is 0.119. The summed E-state index contributed by atoms with van der Waals surface area (Å²) in [7, 11) is 0. The molecule has 1 amide bonds. The van der Waals surface area contributed by atoms with Crippen molar-refractivity contribution >= 4 is 33.4 Å². The predicted octanol–water partition coefficient (Wildman–Crippen LogP) is 3.44. The number of hydrogen-bond donors (Lipinski definition) is 1. The molecule has 1 N–H and O–H groups in total. The summed E-state index contributed by atoms with van der Waals surface area (Å²) < 4.78 is 38.3. The van der Waals surface area contributed by atoms with Crippen molar-refractivity contribution in [3.05, 3.63) is 33.8 Å². The van der Waals surface area contributed by atoms with E-state index < -0.39 is 23.2 Å². The third-order valence-electron chi connectivity index (χ3n) is 1.91. The number of carbonyl (C=O) groups excluding carboxylic acids is 1. The topological polar surface area (TPSA) is 29.1 Å². The second-order valence-electron chi connectivity index (χ2n) is 3.13. The maximum absolute atomic E-state index is 12.7. The Morgan fingerprint density at radius 3 is 2.59 bits per heavy atom. The Hall–Kier alpha value is -0.750. The second kappa shape index (κ2) is 5.73. The van der Waals surface area contributed by atoms with E-state index in [1.165, 1.54) is 6.07 Å². The van der Waals surface area contributed by atoms with Crippen LogP contribution in [0.5, 0.6) is 0 Å². The van der Waals surface area contributed by atoms with E-state index in [0.29, 0.717) is 0 Å². The fraction of sp³-hybridized carbons (Fsp3) is 0.300. The van der Waals surface area contributed by atoms with Crippen LogP contribution in [0.4, 0.5) is 13.2 Å². The molecule has 0 aliphatic rings. The summed E-state index contributed by atoms with van der Waals surface area (Å²) in [4.78, 5) is 11.5. The normalized spacial score (nSPS) is 11.4. The molecular formula is C10H8BrClF3NO. The van der Waals surface area contributed by atoms with Crippen LogP contribution in [0.25, 0.3) is 0 Å². The SMILES string of the molecule is O=C(NCCCl)c1ccc(Br)cc1C(F)(F)F. The van der Waals surface area contributed by atoms with E-state index in [2.05, 4.69) is 21.2 Å². The van der Waals surface area contributed by atoms with Crippen molar-refractivity contribution in [3.63, 3.8) is 0 Å². The minimum absolute atomic E-state index is 0.119. The first kappa shape index (κ1) is 14.3. The molecule has 0 heterocycles. The van der Waals surface area contributed by atoms with Gasteiger partial charge in [0.15, 0.2) is 0 Å². The maximum Gasteiger partial charge on any atom is 0.417 e.